The van der Waals surface area contributed by atoms with Crippen LogP contribution in [0.5, 0.6) is 0 Å². The van der Waals surface area contributed by atoms with Gasteiger partial charge in [0.25, 0.3) is 11.6 Å². The number of carbonyl (C=O) groups excluding carboxylic acids is 1. The summed E-state index contributed by atoms with van der Waals surface area (Å²) in [7, 11) is 0. The first kappa shape index (κ1) is 17.0. The van der Waals surface area contributed by atoms with Crippen molar-refractivity contribution in [2.24, 2.45) is 0 Å². The molecule has 1 aromatic carbocycles. The molecule has 2 atom stereocenters. The largest absolute Gasteiger partial charge is 0.388 e. The van der Waals surface area contributed by atoms with Gasteiger partial charge in [-0.25, -0.2) is 9.37 Å². The van der Waals surface area contributed by atoms with E-state index in [1.165, 1.54) is 30.5 Å². The maximum absolute atomic E-state index is 12.9. The highest BCUT2D eigenvalue weighted by atomic mass is 19.1. The van der Waals surface area contributed by atoms with Crippen molar-refractivity contribution in [3.05, 3.63) is 59.2 Å². The second-order valence-corrected chi connectivity index (χ2v) is 6.02. The summed E-state index contributed by atoms with van der Waals surface area (Å²) in [5.74, 6) is -0.655. The molecular weight excluding hydrogens is 325 g/mol. The van der Waals surface area contributed by atoms with E-state index < -0.39 is 6.10 Å². The van der Waals surface area contributed by atoms with Crippen LogP contribution in [0.25, 0.3) is 11.1 Å². The predicted molar refractivity (Wildman–Crippen MR) is 89.4 cm³/mol. The van der Waals surface area contributed by atoms with E-state index in [4.69, 9.17) is 4.52 Å². The lowest BCUT2D eigenvalue weighted by Gasteiger charge is -2.18. The van der Waals surface area contributed by atoms with Crippen molar-refractivity contribution >= 4 is 17.0 Å². The van der Waals surface area contributed by atoms with Crippen molar-refractivity contribution in [3.63, 3.8) is 0 Å². The van der Waals surface area contributed by atoms with Gasteiger partial charge in [0.1, 0.15) is 5.82 Å². The normalized spacial score (nSPS) is 13.6. The third-order valence-corrected chi connectivity index (χ3v) is 3.98. The summed E-state index contributed by atoms with van der Waals surface area (Å²) in [6, 6.07) is 7.04. The van der Waals surface area contributed by atoms with Gasteiger partial charge in [-0.15, -0.1) is 0 Å². The summed E-state index contributed by atoms with van der Waals surface area (Å²) in [5, 5.41) is 17.5. The van der Waals surface area contributed by atoms with E-state index >= 15 is 0 Å². The number of carbonyl (C=O) groups is 1. The lowest BCUT2D eigenvalue weighted by atomic mass is 10.0. The van der Waals surface area contributed by atoms with Gasteiger partial charge in [0, 0.05) is 12.2 Å². The molecule has 2 N–H and O–H groups in total. The number of nitrogens with zero attached hydrogens (tertiary/aromatic N) is 2. The number of fused-ring (bicyclic) bond motifs is 1. The Morgan fingerprint density at radius 3 is 2.80 bits per heavy atom. The number of amides is 1. The molecule has 3 rings (SSSR count). The van der Waals surface area contributed by atoms with Gasteiger partial charge in [0.2, 0.25) is 0 Å². The average molecular weight is 343 g/mol. The Labute approximate surface area is 143 Å². The fourth-order valence-corrected chi connectivity index (χ4v) is 2.59. The molecule has 0 aliphatic rings. The van der Waals surface area contributed by atoms with Crippen LogP contribution in [0.15, 0.2) is 41.1 Å². The van der Waals surface area contributed by atoms with Crippen molar-refractivity contribution in [3.8, 4) is 0 Å². The van der Waals surface area contributed by atoms with Crippen molar-refractivity contribution in [2.75, 3.05) is 0 Å². The quantitative estimate of drug-likeness (QED) is 0.744. The van der Waals surface area contributed by atoms with Crippen LogP contribution in [0, 0.1) is 12.7 Å². The molecule has 0 spiro atoms. The molecule has 0 aliphatic heterocycles. The molecular formula is C18H18FN3O3. The molecule has 2 heterocycles. The van der Waals surface area contributed by atoms with Gasteiger partial charge in [0.15, 0.2) is 0 Å². The van der Waals surface area contributed by atoms with E-state index in [9.17, 15) is 14.3 Å². The number of hydrogen-bond donors (Lipinski definition) is 2. The first-order valence-corrected chi connectivity index (χ1v) is 7.90. The number of aryl methyl sites for hydroxylation is 1. The SMILES string of the molecule is Cc1noc2ncc(C(=O)NC(C)CC(O)c3ccc(F)cc3)cc12. The van der Waals surface area contributed by atoms with E-state index in [-0.39, 0.29) is 17.8 Å². The minimum atomic E-state index is -0.795. The molecule has 0 bridgehead atoms. The zero-order valence-electron chi connectivity index (χ0n) is 13.9. The topological polar surface area (TPSA) is 88.2 Å². The first-order chi connectivity index (χ1) is 11.9. The Morgan fingerprint density at radius 2 is 2.08 bits per heavy atom. The summed E-state index contributed by atoms with van der Waals surface area (Å²) in [5.41, 5.74) is 2.04. The third kappa shape index (κ3) is 3.83. The van der Waals surface area contributed by atoms with Crippen LogP contribution < -0.4 is 5.32 Å². The number of benzene rings is 1. The highest BCUT2D eigenvalue weighted by molar-refractivity contribution is 5.97. The van der Waals surface area contributed by atoms with E-state index in [1.54, 1.807) is 19.9 Å². The van der Waals surface area contributed by atoms with Gasteiger partial charge in [-0.2, -0.15) is 0 Å². The zero-order chi connectivity index (χ0) is 18.0. The van der Waals surface area contributed by atoms with Gasteiger partial charge in [-0.05, 0) is 44.0 Å². The van der Waals surface area contributed by atoms with Crippen molar-refractivity contribution < 1.29 is 18.8 Å². The van der Waals surface area contributed by atoms with Gasteiger partial charge in [0.05, 0.1) is 22.7 Å². The Kier molecular flexibility index (Phi) is 4.76. The summed E-state index contributed by atoms with van der Waals surface area (Å²) in [6.07, 6.45) is 0.932. The molecule has 2 unspecified atom stereocenters. The second kappa shape index (κ2) is 6.98. The Balaban J connectivity index is 1.64. The molecule has 0 fully saturated rings. The monoisotopic (exact) mass is 343 g/mol. The molecule has 0 radical (unpaired) electrons. The number of aliphatic hydroxyl groups excluding tert-OH is 1. The van der Waals surface area contributed by atoms with E-state index in [0.717, 1.165) is 0 Å². The molecule has 2 aromatic heterocycles. The number of nitrogens with one attached hydrogen (secondary N) is 1. The average Bonchev–Trinajstić information content (AvgIpc) is 2.96. The molecule has 130 valence electrons. The van der Waals surface area contributed by atoms with E-state index in [0.29, 0.717) is 34.3 Å². The lowest BCUT2D eigenvalue weighted by Crippen LogP contribution is -2.33. The molecule has 7 heteroatoms. The lowest BCUT2D eigenvalue weighted by molar-refractivity contribution is 0.0917. The van der Waals surface area contributed by atoms with Crippen LogP contribution in [0.2, 0.25) is 0 Å². The van der Waals surface area contributed by atoms with Crippen LogP contribution in [0.1, 0.15) is 41.1 Å². The number of aromatic nitrogens is 2. The summed E-state index contributed by atoms with van der Waals surface area (Å²) in [6.45, 7) is 3.57. The predicted octanol–water partition coefficient (Wildman–Crippen LogP) is 2.91. The molecule has 6 nitrogen and oxygen atoms in total. The van der Waals surface area contributed by atoms with Crippen LogP contribution in [0.4, 0.5) is 4.39 Å². The Hall–Kier alpha value is -2.80. The van der Waals surface area contributed by atoms with Crippen molar-refractivity contribution in [1.29, 1.82) is 0 Å². The van der Waals surface area contributed by atoms with Gasteiger partial charge in [-0.3, -0.25) is 4.79 Å². The highest BCUT2D eigenvalue weighted by Gasteiger charge is 2.17. The second-order valence-electron chi connectivity index (χ2n) is 6.02. The van der Waals surface area contributed by atoms with Crippen LogP contribution in [-0.2, 0) is 0 Å². The fraction of sp³-hybridized carbons (Fsp3) is 0.278. The summed E-state index contributed by atoms with van der Waals surface area (Å²) < 4.78 is 18.0. The van der Waals surface area contributed by atoms with E-state index in [1.807, 2.05) is 0 Å². The first-order valence-electron chi connectivity index (χ1n) is 7.90. The molecule has 25 heavy (non-hydrogen) atoms. The van der Waals surface area contributed by atoms with Crippen LogP contribution >= 0.6 is 0 Å². The van der Waals surface area contributed by atoms with Crippen molar-refractivity contribution in [1.82, 2.24) is 15.5 Å². The molecule has 0 aliphatic carbocycles. The number of aliphatic hydroxyl groups is 1. The Morgan fingerprint density at radius 1 is 1.36 bits per heavy atom. The number of rotatable bonds is 5. The van der Waals surface area contributed by atoms with Gasteiger partial charge >= 0.3 is 0 Å². The number of hydrogen-bond acceptors (Lipinski definition) is 5. The smallest absolute Gasteiger partial charge is 0.257 e. The summed E-state index contributed by atoms with van der Waals surface area (Å²) in [4.78, 5) is 16.4. The Bertz CT molecular complexity index is 892. The van der Waals surface area contributed by atoms with E-state index in [2.05, 4.69) is 15.5 Å². The third-order valence-electron chi connectivity index (χ3n) is 3.98. The highest BCUT2D eigenvalue weighted by Crippen LogP contribution is 2.20. The van der Waals surface area contributed by atoms with Crippen molar-refractivity contribution in [2.45, 2.75) is 32.4 Å². The molecule has 0 saturated carbocycles. The molecule has 0 saturated heterocycles. The molecule has 1 amide bonds. The number of halogens is 1. The zero-order valence-corrected chi connectivity index (χ0v) is 13.9. The van der Waals surface area contributed by atoms with Crippen LogP contribution in [-0.4, -0.2) is 27.2 Å². The fourth-order valence-electron chi connectivity index (χ4n) is 2.59. The maximum Gasteiger partial charge on any atom is 0.257 e. The molecule has 3 aromatic rings. The number of pyridine rings is 1. The van der Waals surface area contributed by atoms with Gasteiger partial charge in [-0.1, -0.05) is 17.3 Å². The van der Waals surface area contributed by atoms with Gasteiger partial charge < -0.3 is 14.9 Å². The minimum Gasteiger partial charge on any atom is -0.388 e. The standard InChI is InChI=1S/C18H18FN3O3/c1-10(7-16(23)12-3-5-14(19)6-4-12)21-17(24)13-8-15-11(2)22-25-18(15)20-9-13/h3-6,8-10,16,23H,7H2,1-2H3,(H,21,24). The minimum absolute atomic E-state index is 0.285. The maximum atomic E-state index is 12.9. The summed E-state index contributed by atoms with van der Waals surface area (Å²) >= 11 is 0. The van der Waals surface area contributed by atoms with Crippen LogP contribution in [0.3, 0.4) is 0 Å².